The van der Waals surface area contributed by atoms with E-state index in [1.807, 2.05) is 6.92 Å². The van der Waals surface area contributed by atoms with Gasteiger partial charge in [0, 0.05) is 18.8 Å². The van der Waals surface area contributed by atoms with Gasteiger partial charge in [-0.1, -0.05) is 0 Å². The molecule has 3 rings (SSSR count). The van der Waals surface area contributed by atoms with E-state index in [-0.39, 0.29) is 11.9 Å². The molecule has 0 spiro atoms. The number of hydrogen-bond donors (Lipinski definition) is 2. The maximum absolute atomic E-state index is 12.1. The van der Waals surface area contributed by atoms with Crippen molar-refractivity contribution in [3.8, 4) is 0 Å². The van der Waals surface area contributed by atoms with Crippen molar-refractivity contribution >= 4 is 5.91 Å². The van der Waals surface area contributed by atoms with Gasteiger partial charge in [0.05, 0.1) is 24.9 Å². The van der Waals surface area contributed by atoms with Crippen LogP contribution in [-0.2, 0) is 22.4 Å². The van der Waals surface area contributed by atoms with Crippen molar-refractivity contribution in [2.75, 3.05) is 32.8 Å². The summed E-state index contributed by atoms with van der Waals surface area (Å²) in [5, 5.41) is 2.93. The second kappa shape index (κ2) is 7.93. The molecule has 0 aromatic carbocycles. The molecule has 1 unspecified atom stereocenters. The van der Waals surface area contributed by atoms with Crippen LogP contribution in [-0.4, -0.2) is 53.6 Å². The van der Waals surface area contributed by atoms with Crippen molar-refractivity contribution in [2.45, 2.75) is 51.5 Å². The van der Waals surface area contributed by atoms with Gasteiger partial charge in [-0.05, 0) is 52.0 Å². The number of aryl methyl sites for hydroxylation is 2. The van der Waals surface area contributed by atoms with Crippen LogP contribution in [0.2, 0.25) is 0 Å². The standard InChI is InChI=1S/C17H28N4O2/c1-2-23-11-9-18-16(22)12-21-10-5-8-15(21)17-19-13-6-3-4-7-14(13)20-17/h15H,2-12H2,1H3,(H,18,22)(H,19,20). The number of ether oxygens (including phenoxy) is 1. The highest BCUT2D eigenvalue weighted by atomic mass is 16.5. The second-order valence-corrected chi connectivity index (χ2v) is 6.43. The van der Waals surface area contributed by atoms with Crippen molar-refractivity contribution in [3.05, 3.63) is 17.2 Å². The number of nitrogens with one attached hydrogen (secondary N) is 2. The smallest absolute Gasteiger partial charge is 0.234 e. The topological polar surface area (TPSA) is 70.2 Å². The van der Waals surface area contributed by atoms with Crippen LogP contribution in [0.4, 0.5) is 0 Å². The minimum Gasteiger partial charge on any atom is -0.380 e. The molecular weight excluding hydrogens is 292 g/mol. The van der Waals surface area contributed by atoms with Gasteiger partial charge in [-0.15, -0.1) is 0 Å². The van der Waals surface area contributed by atoms with E-state index in [0.29, 0.717) is 26.3 Å². The van der Waals surface area contributed by atoms with E-state index in [9.17, 15) is 4.79 Å². The van der Waals surface area contributed by atoms with Crippen molar-refractivity contribution in [1.29, 1.82) is 0 Å². The highest BCUT2D eigenvalue weighted by Gasteiger charge is 2.30. The first kappa shape index (κ1) is 16.5. The third-order valence-corrected chi connectivity index (χ3v) is 4.77. The highest BCUT2D eigenvalue weighted by molar-refractivity contribution is 5.78. The number of carbonyl (C=O) groups is 1. The quantitative estimate of drug-likeness (QED) is 0.748. The Labute approximate surface area is 138 Å². The molecule has 0 radical (unpaired) electrons. The Kier molecular flexibility index (Phi) is 5.67. The minimum atomic E-state index is 0.0768. The third kappa shape index (κ3) is 4.12. The molecule has 2 N–H and O–H groups in total. The molecule has 1 aliphatic heterocycles. The number of aromatic nitrogens is 2. The zero-order chi connectivity index (χ0) is 16.1. The number of carbonyl (C=O) groups excluding carboxylic acids is 1. The fourth-order valence-corrected chi connectivity index (χ4v) is 3.61. The van der Waals surface area contributed by atoms with Crippen LogP contribution in [0.1, 0.15) is 55.9 Å². The summed E-state index contributed by atoms with van der Waals surface area (Å²) in [6.45, 7) is 5.22. The highest BCUT2D eigenvalue weighted by Crippen LogP contribution is 2.31. The van der Waals surface area contributed by atoms with Crippen LogP contribution in [0, 0.1) is 0 Å². The zero-order valence-corrected chi connectivity index (χ0v) is 14.1. The van der Waals surface area contributed by atoms with Gasteiger partial charge < -0.3 is 15.0 Å². The summed E-state index contributed by atoms with van der Waals surface area (Å²) in [6.07, 6.45) is 6.92. The van der Waals surface area contributed by atoms with Crippen LogP contribution in [0.15, 0.2) is 0 Å². The summed E-state index contributed by atoms with van der Waals surface area (Å²) in [7, 11) is 0. The predicted octanol–water partition coefficient (Wildman–Crippen LogP) is 1.58. The van der Waals surface area contributed by atoms with Crippen LogP contribution in [0.25, 0.3) is 0 Å². The van der Waals surface area contributed by atoms with E-state index >= 15 is 0 Å². The number of amides is 1. The Bertz CT molecular complexity index is 505. The molecular formula is C17H28N4O2. The van der Waals surface area contributed by atoms with Crippen LogP contribution in [0.3, 0.4) is 0 Å². The van der Waals surface area contributed by atoms with E-state index in [0.717, 1.165) is 38.1 Å². The van der Waals surface area contributed by atoms with Gasteiger partial charge in [0.15, 0.2) is 0 Å². The molecule has 0 bridgehead atoms. The monoisotopic (exact) mass is 320 g/mol. The fraction of sp³-hybridized carbons (Fsp3) is 0.765. The molecule has 1 aromatic rings. The minimum absolute atomic E-state index is 0.0768. The predicted molar refractivity (Wildman–Crippen MR) is 88.3 cm³/mol. The Morgan fingerprint density at radius 3 is 3.09 bits per heavy atom. The fourth-order valence-electron chi connectivity index (χ4n) is 3.61. The van der Waals surface area contributed by atoms with Gasteiger partial charge in [0.25, 0.3) is 0 Å². The van der Waals surface area contributed by atoms with E-state index in [2.05, 4.69) is 15.2 Å². The van der Waals surface area contributed by atoms with Crippen LogP contribution < -0.4 is 5.32 Å². The zero-order valence-electron chi connectivity index (χ0n) is 14.1. The number of H-pyrrole nitrogens is 1. The molecule has 1 aromatic heterocycles. The Morgan fingerprint density at radius 2 is 2.26 bits per heavy atom. The summed E-state index contributed by atoms with van der Waals surface area (Å²) in [4.78, 5) is 22.7. The number of fused-ring (bicyclic) bond motifs is 1. The molecule has 1 amide bonds. The molecule has 23 heavy (non-hydrogen) atoms. The summed E-state index contributed by atoms with van der Waals surface area (Å²) < 4.78 is 5.25. The lowest BCUT2D eigenvalue weighted by atomic mass is 10.0. The molecule has 2 aliphatic rings. The lowest BCUT2D eigenvalue weighted by molar-refractivity contribution is -0.122. The lowest BCUT2D eigenvalue weighted by Gasteiger charge is -2.22. The number of hydrogen-bond acceptors (Lipinski definition) is 4. The van der Waals surface area contributed by atoms with Crippen molar-refractivity contribution in [3.63, 3.8) is 0 Å². The first-order chi connectivity index (χ1) is 11.3. The summed E-state index contributed by atoms with van der Waals surface area (Å²) in [5.74, 6) is 1.14. The summed E-state index contributed by atoms with van der Waals surface area (Å²) in [5.41, 5.74) is 2.57. The SMILES string of the molecule is CCOCCNC(=O)CN1CCCC1c1nc2c([nH]1)CCCC2. The van der Waals surface area contributed by atoms with Crippen molar-refractivity contribution in [2.24, 2.45) is 0 Å². The summed E-state index contributed by atoms with van der Waals surface area (Å²) >= 11 is 0. The van der Waals surface area contributed by atoms with Gasteiger partial charge in [0.1, 0.15) is 5.82 Å². The number of aromatic amines is 1. The Hall–Kier alpha value is -1.40. The van der Waals surface area contributed by atoms with Gasteiger partial charge in [-0.25, -0.2) is 4.98 Å². The number of likely N-dealkylation sites (tertiary alicyclic amines) is 1. The Morgan fingerprint density at radius 1 is 1.39 bits per heavy atom. The average molecular weight is 320 g/mol. The van der Waals surface area contributed by atoms with Crippen LogP contribution >= 0.6 is 0 Å². The largest absolute Gasteiger partial charge is 0.380 e. The molecule has 0 saturated carbocycles. The molecule has 1 fully saturated rings. The third-order valence-electron chi connectivity index (χ3n) is 4.77. The van der Waals surface area contributed by atoms with Gasteiger partial charge >= 0.3 is 0 Å². The first-order valence-corrected chi connectivity index (χ1v) is 8.94. The van der Waals surface area contributed by atoms with E-state index in [4.69, 9.17) is 9.72 Å². The van der Waals surface area contributed by atoms with Crippen LogP contribution in [0.5, 0.6) is 0 Å². The molecule has 2 heterocycles. The molecule has 6 nitrogen and oxygen atoms in total. The van der Waals surface area contributed by atoms with Gasteiger partial charge in [-0.2, -0.15) is 0 Å². The maximum atomic E-state index is 12.1. The van der Waals surface area contributed by atoms with E-state index in [1.165, 1.54) is 24.2 Å². The van der Waals surface area contributed by atoms with Gasteiger partial charge in [0.2, 0.25) is 5.91 Å². The lowest BCUT2D eigenvalue weighted by Crippen LogP contribution is -2.38. The average Bonchev–Trinajstić information content (AvgIpc) is 3.17. The van der Waals surface area contributed by atoms with E-state index < -0.39 is 0 Å². The van der Waals surface area contributed by atoms with Gasteiger partial charge in [-0.3, -0.25) is 9.69 Å². The molecule has 1 atom stereocenters. The maximum Gasteiger partial charge on any atom is 0.234 e. The molecule has 1 aliphatic carbocycles. The first-order valence-electron chi connectivity index (χ1n) is 8.94. The normalized spacial score (nSPS) is 21.3. The number of imidazole rings is 1. The second-order valence-electron chi connectivity index (χ2n) is 6.43. The Balaban J connectivity index is 1.55. The molecule has 6 heteroatoms. The number of rotatable bonds is 7. The molecule has 128 valence electrons. The van der Waals surface area contributed by atoms with Crippen molar-refractivity contribution < 1.29 is 9.53 Å². The van der Waals surface area contributed by atoms with Crippen molar-refractivity contribution in [1.82, 2.24) is 20.2 Å². The molecule has 1 saturated heterocycles. The van der Waals surface area contributed by atoms with E-state index in [1.54, 1.807) is 0 Å². The number of nitrogens with zero attached hydrogens (tertiary/aromatic N) is 2. The summed E-state index contributed by atoms with van der Waals surface area (Å²) in [6, 6.07) is 0.262.